The van der Waals surface area contributed by atoms with Gasteiger partial charge in [0.2, 0.25) is 11.7 Å². The summed E-state index contributed by atoms with van der Waals surface area (Å²) in [6.45, 7) is -0.0189. The number of ether oxygens (including phenoxy) is 4. The van der Waals surface area contributed by atoms with Crippen LogP contribution in [0, 0.1) is 0 Å². The molecular weight excluding hydrogens is 472 g/mol. The fourth-order valence-electron chi connectivity index (χ4n) is 4.12. The third kappa shape index (κ3) is 3.74. The molecule has 3 heterocycles. The van der Waals surface area contributed by atoms with Gasteiger partial charge in [0.15, 0.2) is 23.6 Å². The molecule has 1 aromatic heterocycles. The predicted molar refractivity (Wildman–Crippen MR) is 123 cm³/mol. The van der Waals surface area contributed by atoms with Crippen molar-refractivity contribution in [2.24, 2.45) is 10.3 Å². The highest BCUT2D eigenvalue weighted by atomic mass is 16.5. The maximum absolute atomic E-state index is 13.3. The average molecular weight is 494 g/mol. The highest BCUT2D eigenvalue weighted by molar-refractivity contribution is 6.25. The van der Waals surface area contributed by atoms with Gasteiger partial charge in [0, 0.05) is 12.1 Å². The summed E-state index contributed by atoms with van der Waals surface area (Å²) in [6.07, 6.45) is 0. The Hall–Kier alpha value is -4.68. The maximum Gasteiger partial charge on any atom is 0.263 e. The lowest BCUT2D eigenvalue weighted by Gasteiger charge is -2.20. The number of carbonyl (C=O) groups excluding carboxylic acids is 2. The molecule has 0 radical (unpaired) electrons. The number of hydrogen-bond acceptors (Lipinski definition) is 12. The van der Waals surface area contributed by atoms with Gasteiger partial charge in [-0.25, -0.2) is 4.90 Å². The van der Waals surface area contributed by atoms with Gasteiger partial charge in [-0.15, -0.1) is 0 Å². The van der Waals surface area contributed by atoms with Gasteiger partial charge in [-0.1, -0.05) is 10.4 Å². The van der Waals surface area contributed by atoms with Crippen molar-refractivity contribution in [2.75, 3.05) is 33.3 Å². The first-order valence-electron chi connectivity index (χ1n) is 10.8. The molecule has 0 saturated carbocycles. The number of rotatable bonds is 8. The lowest BCUT2D eigenvalue weighted by Crippen LogP contribution is -2.39. The number of anilines is 1. The lowest BCUT2D eigenvalue weighted by atomic mass is 10.1. The molecule has 2 aliphatic rings. The lowest BCUT2D eigenvalue weighted by molar-refractivity contribution is -0.123. The maximum atomic E-state index is 13.3. The molecule has 0 spiro atoms. The van der Waals surface area contributed by atoms with Gasteiger partial charge < -0.3 is 23.5 Å². The van der Waals surface area contributed by atoms with Crippen molar-refractivity contribution >= 4 is 17.5 Å². The molecule has 1 saturated heterocycles. The van der Waals surface area contributed by atoms with Crippen molar-refractivity contribution in [1.29, 1.82) is 0 Å². The molecule has 1 fully saturated rings. The number of benzene rings is 2. The molecule has 2 atom stereocenters. The fourth-order valence-corrected chi connectivity index (χ4v) is 4.12. The second-order valence-corrected chi connectivity index (χ2v) is 7.82. The molecule has 2 amide bonds. The Labute approximate surface area is 205 Å². The number of imide groups is 1. The second kappa shape index (κ2) is 9.17. The van der Waals surface area contributed by atoms with Gasteiger partial charge in [0.1, 0.15) is 18.0 Å². The molecule has 36 heavy (non-hydrogen) atoms. The van der Waals surface area contributed by atoms with Crippen LogP contribution in [0.5, 0.6) is 23.0 Å². The van der Waals surface area contributed by atoms with E-state index in [1.54, 1.807) is 43.5 Å². The Balaban J connectivity index is 1.36. The second-order valence-electron chi connectivity index (χ2n) is 7.82. The van der Waals surface area contributed by atoms with E-state index < -0.39 is 23.9 Å². The Morgan fingerprint density at radius 2 is 1.67 bits per heavy atom. The Bertz CT molecular complexity index is 1360. The molecule has 0 unspecified atom stereocenters. The van der Waals surface area contributed by atoms with E-state index in [2.05, 4.69) is 20.5 Å². The summed E-state index contributed by atoms with van der Waals surface area (Å²) in [5, 5.41) is 13.4. The first-order valence-corrected chi connectivity index (χ1v) is 10.8. The molecule has 2 aromatic carbocycles. The van der Waals surface area contributed by atoms with Crippen molar-refractivity contribution in [2.45, 2.75) is 18.6 Å². The summed E-state index contributed by atoms with van der Waals surface area (Å²) in [6, 6.07) is 8.07. The van der Waals surface area contributed by atoms with E-state index in [0.29, 0.717) is 34.2 Å². The molecule has 2 aliphatic heterocycles. The zero-order chi connectivity index (χ0) is 25.4. The SMILES string of the molecule is COc1ccc(-c2noc(CN3N=N[C@H]4C(=O)N(c5ccc(OC)c(OC)c5)C(=O)[C@H]43)n2)c(OC)c1. The van der Waals surface area contributed by atoms with E-state index in [4.69, 9.17) is 23.5 Å². The molecule has 0 bridgehead atoms. The topological polar surface area (TPSA) is 141 Å². The number of nitrogens with zero attached hydrogens (tertiary/aromatic N) is 6. The van der Waals surface area contributed by atoms with E-state index in [1.165, 1.54) is 26.3 Å². The van der Waals surface area contributed by atoms with Crippen molar-refractivity contribution < 1.29 is 33.1 Å². The van der Waals surface area contributed by atoms with Crippen LogP contribution < -0.4 is 23.8 Å². The molecule has 5 rings (SSSR count). The van der Waals surface area contributed by atoms with Crippen LogP contribution in [-0.4, -0.2) is 67.5 Å². The van der Waals surface area contributed by atoms with E-state index in [-0.39, 0.29) is 18.3 Å². The van der Waals surface area contributed by atoms with Gasteiger partial charge in [0.05, 0.1) is 39.7 Å². The van der Waals surface area contributed by atoms with Gasteiger partial charge >= 0.3 is 0 Å². The predicted octanol–water partition coefficient (Wildman–Crippen LogP) is 2.26. The minimum Gasteiger partial charge on any atom is -0.497 e. The van der Waals surface area contributed by atoms with Gasteiger partial charge in [-0.2, -0.15) is 10.1 Å². The third-order valence-corrected chi connectivity index (χ3v) is 5.90. The molecule has 0 N–H and O–H groups in total. The van der Waals surface area contributed by atoms with Crippen LogP contribution >= 0.6 is 0 Å². The molecular formula is C23H22N6O7. The number of methoxy groups -OCH3 is 4. The van der Waals surface area contributed by atoms with Crippen molar-refractivity contribution in [3.63, 3.8) is 0 Å². The zero-order valence-corrected chi connectivity index (χ0v) is 19.9. The zero-order valence-electron chi connectivity index (χ0n) is 19.9. The number of fused-ring (bicyclic) bond motifs is 1. The minimum atomic E-state index is -0.977. The van der Waals surface area contributed by atoms with E-state index in [0.717, 1.165) is 4.90 Å². The standard InChI is InChI=1S/C23H22N6O7/c1-32-13-6-7-14(16(10-13)34-3)21-24-18(36-26-21)11-28-20-19(25-27-28)22(30)29(23(20)31)12-5-8-15(33-2)17(9-12)35-4/h5-10,19-20H,11H2,1-4H3/t19-,20+/m1/s1. The van der Waals surface area contributed by atoms with E-state index in [9.17, 15) is 9.59 Å². The van der Waals surface area contributed by atoms with Crippen LogP contribution in [-0.2, 0) is 16.1 Å². The summed E-state index contributed by atoms with van der Waals surface area (Å²) in [7, 11) is 6.05. The van der Waals surface area contributed by atoms with Crippen LogP contribution in [0.4, 0.5) is 5.69 Å². The van der Waals surface area contributed by atoms with E-state index in [1.807, 2.05) is 0 Å². The molecule has 186 valence electrons. The number of hydrogen-bond donors (Lipinski definition) is 0. The monoisotopic (exact) mass is 494 g/mol. The molecule has 0 aliphatic carbocycles. The minimum absolute atomic E-state index is 0.0189. The molecule has 13 nitrogen and oxygen atoms in total. The third-order valence-electron chi connectivity index (χ3n) is 5.90. The molecule has 3 aromatic rings. The average Bonchev–Trinajstić information content (AvgIpc) is 3.61. The van der Waals surface area contributed by atoms with Crippen molar-refractivity contribution in [1.82, 2.24) is 15.1 Å². The largest absolute Gasteiger partial charge is 0.497 e. The fraction of sp³-hybridized carbons (Fsp3) is 0.304. The summed E-state index contributed by atoms with van der Waals surface area (Å²) in [4.78, 5) is 31.8. The van der Waals surface area contributed by atoms with Gasteiger partial charge in [-0.05, 0) is 24.3 Å². The summed E-state index contributed by atoms with van der Waals surface area (Å²) in [5.74, 6) is 1.50. The first-order chi connectivity index (χ1) is 17.5. The summed E-state index contributed by atoms with van der Waals surface area (Å²) in [5.41, 5.74) is 0.944. The van der Waals surface area contributed by atoms with Crippen molar-refractivity contribution in [3.8, 4) is 34.4 Å². The van der Waals surface area contributed by atoms with Gasteiger partial charge in [-0.3, -0.25) is 14.6 Å². The van der Waals surface area contributed by atoms with Crippen LogP contribution in [0.2, 0.25) is 0 Å². The summed E-state index contributed by atoms with van der Waals surface area (Å²) < 4.78 is 26.5. The Morgan fingerprint density at radius 3 is 2.39 bits per heavy atom. The number of carbonyl (C=O) groups is 2. The Morgan fingerprint density at radius 1 is 0.889 bits per heavy atom. The molecule has 13 heteroatoms. The number of aromatic nitrogens is 2. The first kappa shape index (κ1) is 23.1. The van der Waals surface area contributed by atoms with Crippen LogP contribution in [0.25, 0.3) is 11.4 Å². The van der Waals surface area contributed by atoms with Gasteiger partial charge in [0.25, 0.3) is 11.8 Å². The van der Waals surface area contributed by atoms with Crippen LogP contribution in [0.3, 0.4) is 0 Å². The van der Waals surface area contributed by atoms with Crippen LogP contribution in [0.15, 0.2) is 51.3 Å². The smallest absolute Gasteiger partial charge is 0.263 e. The number of amides is 2. The highest BCUT2D eigenvalue weighted by Gasteiger charge is 2.55. The van der Waals surface area contributed by atoms with E-state index >= 15 is 0 Å². The normalized spacial score (nSPS) is 18.6. The van der Waals surface area contributed by atoms with Crippen LogP contribution in [0.1, 0.15) is 5.89 Å². The summed E-state index contributed by atoms with van der Waals surface area (Å²) >= 11 is 0. The Kier molecular flexibility index (Phi) is 5.88. The quantitative estimate of drug-likeness (QED) is 0.428. The highest BCUT2D eigenvalue weighted by Crippen LogP contribution is 2.37. The van der Waals surface area contributed by atoms with Crippen molar-refractivity contribution in [3.05, 3.63) is 42.3 Å².